The molecule has 1 rings (SSSR count). The number of hydrogen-bond donors (Lipinski definition) is 1. The Hall–Kier alpha value is -0.0800. The molecule has 0 saturated carbocycles. The van der Waals surface area contributed by atoms with Crippen LogP contribution in [0.2, 0.25) is 0 Å². The Morgan fingerprint density at radius 3 is 2.71 bits per heavy atom. The maximum Gasteiger partial charge on any atom is 0.0576 e. The first-order chi connectivity index (χ1) is 6.49. The maximum atomic E-state index is 5.83. The first-order valence-corrected chi connectivity index (χ1v) is 5.87. The van der Waals surface area contributed by atoms with Crippen molar-refractivity contribution in [3.63, 3.8) is 0 Å². The van der Waals surface area contributed by atoms with Crippen molar-refractivity contribution in [2.24, 2.45) is 11.1 Å². The third-order valence-electron chi connectivity index (χ3n) is 3.04. The first-order valence-electron chi connectivity index (χ1n) is 5.87. The highest BCUT2D eigenvalue weighted by atomic mass is 16.5. The summed E-state index contributed by atoms with van der Waals surface area (Å²) in [7, 11) is 0. The van der Waals surface area contributed by atoms with Gasteiger partial charge in [-0.05, 0) is 44.4 Å². The molecule has 0 aromatic carbocycles. The number of ether oxygens (including phenoxy) is 1. The van der Waals surface area contributed by atoms with Crippen LogP contribution in [0, 0.1) is 5.41 Å². The summed E-state index contributed by atoms with van der Waals surface area (Å²) in [4.78, 5) is 0. The van der Waals surface area contributed by atoms with Crippen LogP contribution in [-0.4, -0.2) is 18.8 Å². The van der Waals surface area contributed by atoms with E-state index < -0.39 is 0 Å². The zero-order chi connectivity index (χ0) is 10.6. The molecule has 2 nitrogen and oxygen atoms in total. The Morgan fingerprint density at radius 2 is 2.21 bits per heavy atom. The molecule has 2 N–H and O–H groups in total. The summed E-state index contributed by atoms with van der Waals surface area (Å²) in [5.74, 6) is 0. The van der Waals surface area contributed by atoms with E-state index in [2.05, 4.69) is 20.8 Å². The lowest BCUT2D eigenvalue weighted by molar-refractivity contribution is 0.0898. The molecule has 0 spiro atoms. The van der Waals surface area contributed by atoms with E-state index >= 15 is 0 Å². The van der Waals surface area contributed by atoms with Crippen molar-refractivity contribution in [3.8, 4) is 0 Å². The average Bonchev–Trinajstić information content (AvgIpc) is 2.50. The third-order valence-corrected chi connectivity index (χ3v) is 3.04. The van der Waals surface area contributed by atoms with E-state index in [0.717, 1.165) is 13.0 Å². The smallest absolute Gasteiger partial charge is 0.0576 e. The second-order valence-electron chi connectivity index (χ2n) is 5.52. The molecule has 0 aromatic heterocycles. The van der Waals surface area contributed by atoms with Crippen molar-refractivity contribution in [2.45, 2.75) is 65.0 Å². The Labute approximate surface area is 88.2 Å². The summed E-state index contributed by atoms with van der Waals surface area (Å²) in [6.07, 6.45) is 6.59. The van der Waals surface area contributed by atoms with Gasteiger partial charge in [0, 0.05) is 12.6 Å². The highest BCUT2D eigenvalue weighted by Crippen LogP contribution is 2.30. The van der Waals surface area contributed by atoms with Crippen LogP contribution in [0.5, 0.6) is 0 Å². The van der Waals surface area contributed by atoms with Crippen LogP contribution >= 0.6 is 0 Å². The summed E-state index contributed by atoms with van der Waals surface area (Å²) in [5.41, 5.74) is 6.21. The minimum absolute atomic E-state index is 0.314. The van der Waals surface area contributed by atoms with Gasteiger partial charge in [0.25, 0.3) is 0 Å². The largest absolute Gasteiger partial charge is 0.378 e. The Balaban J connectivity index is 2.20. The normalized spacial score (nSPS) is 25.3. The van der Waals surface area contributed by atoms with Crippen LogP contribution in [0.1, 0.15) is 52.9 Å². The van der Waals surface area contributed by atoms with E-state index in [1.54, 1.807) is 0 Å². The molecule has 1 saturated heterocycles. The lowest BCUT2D eigenvalue weighted by Gasteiger charge is -2.27. The van der Waals surface area contributed by atoms with E-state index in [0.29, 0.717) is 17.6 Å². The topological polar surface area (TPSA) is 35.2 Å². The standard InChI is InChI=1S/C12H25NO/c1-10(13)9-12(2,3)7-6-11-5-4-8-14-11/h10-11H,4-9,13H2,1-3H3. The van der Waals surface area contributed by atoms with Gasteiger partial charge in [0.05, 0.1) is 6.10 Å². The van der Waals surface area contributed by atoms with E-state index in [4.69, 9.17) is 10.5 Å². The van der Waals surface area contributed by atoms with Crippen LogP contribution in [0.15, 0.2) is 0 Å². The molecule has 84 valence electrons. The average molecular weight is 199 g/mol. The van der Waals surface area contributed by atoms with Gasteiger partial charge in [0.1, 0.15) is 0 Å². The molecule has 14 heavy (non-hydrogen) atoms. The molecule has 1 heterocycles. The van der Waals surface area contributed by atoms with Gasteiger partial charge >= 0.3 is 0 Å². The Bertz CT molecular complexity index is 160. The molecule has 1 fully saturated rings. The van der Waals surface area contributed by atoms with Crippen molar-refractivity contribution < 1.29 is 4.74 Å². The van der Waals surface area contributed by atoms with Gasteiger partial charge in [-0.1, -0.05) is 13.8 Å². The SMILES string of the molecule is CC(N)CC(C)(C)CCC1CCCO1. The minimum Gasteiger partial charge on any atom is -0.378 e. The molecule has 1 aliphatic heterocycles. The van der Waals surface area contributed by atoms with Gasteiger partial charge in [-0.25, -0.2) is 0 Å². The van der Waals surface area contributed by atoms with Crippen LogP contribution in [0.3, 0.4) is 0 Å². The second kappa shape index (κ2) is 5.13. The molecular weight excluding hydrogens is 174 g/mol. The lowest BCUT2D eigenvalue weighted by atomic mass is 9.81. The third kappa shape index (κ3) is 4.43. The highest BCUT2D eigenvalue weighted by Gasteiger charge is 2.23. The number of hydrogen-bond acceptors (Lipinski definition) is 2. The lowest BCUT2D eigenvalue weighted by Crippen LogP contribution is -2.26. The predicted octanol–water partition coefficient (Wildman–Crippen LogP) is 2.71. The van der Waals surface area contributed by atoms with Gasteiger partial charge in [-0.3, -0.25) is 0 Å². The van der Waals surface area contributed by atoms with Crippen LogP contribution < -0.4 is 5.73 Å². The zero-order valence-electron chi connectivity index (χ0n) is 9.88. The van der Waals surface area contributed by atoms with Crippen molar-refractivity contribution in [2.75, 3.05) is 6.61 Å². The fourth-order valence-corrected chi connectivity index (χ4v) is 2.40. The minimum atomic E-state index is 0.314. The Morgan fingerprint density at radius 1 is 1.50 bits per heavy atom. The summed E-state index contributed by atoms with van der Waals surface area (Å²) in [6, 6.07) is 0.314. The highest BCUT2D eigenvalue weighted by molar-refractivity contribution is 4.76. The molecule has 0 amide bonds. The predicted molar refractivity (Wildman–Crippen MR) is 60.3 cm³/mol. The van der Waals surface area contributed by atoms with Gasteiger partial charge < -0.3 is 10.5 Å². The summed E-state index contributed by atoms with van der Waals surface area (Å²) >= 11 is 0. The molecular formula is C12H25NO. The van der Waals surface area contributed by atoms with E-state index in [1.807, 2.05) is 0 Å². The van der Waals surface area contributed by atoms with Gasteiger partial charge in [0.15, 0.2) is 0 Å². The van der Waals surface area contributed by atoms with Crippen molar-refractivity contribution in [1.29, 1.82) is 0 Å². The molecule has 1 aliphatic rings. The van der Waals surface area contributed by atoms with E-state index in [1.165, 1.54) is 25.7 Å². The van der Waals surface area contributed by atoms with Gasteiger partial charge in [-0.15, -0.1) is 0 Å². The van der Waals surface area contributed by atoms with Crippen LogP contribution in [0.25, 0.3) is 0 Å². The summed E-state index contributed by atoms with van der Waals surface area (Å²) < 4.78 is 5.62. The Kier molecular flexibility index (Phi) is 4.39. The van der Waals surface area contributed by atoms with E-state index in [-0.39, 0.29) is 0 Å². The molecule has 2 unspecified atom stereocenters. The van der Waals surface area contributed by atoms with Gasteiger partial charge in [0.2, 0.25) is 0 Å². The molecule has 0 aromatic rings. The molecule has 0 bridgehead atoms. The monoisotopic (exact) mass is 199 g/mol. The summed E-state index contributed by atoms with van der Waals surface area (Å²) in [6.45, 7) is 7.68. The quantitative estimate of drug-likeness (QED) is 0.739. The van der Waals surface area contributed by atoms with Crippen molar-refractivity contribution in [1.82, 2.24) is 0 Å². The van der Waals surface area contributed by atoms with Crippen molar-refractivity contribution >= 4 is 0 Å². The van der Waals surface area contributed by atoms with Gasteiger partial charge in [-0.2, -0.15) is 0 Å². The molecule has 0 aliphatic carbocycles. The van der Waals surface area contributed by atoms with Crippen LogP contribution in [-0.2, 0) is 4.74 Å². The molecule has 0 radical (unpaired) electrons. The fraction of sp³-hybridized carbons (Fsp3) is 1.00. The van der Waals surface area contributed by atoms with Crippen molar-refractivity contribution in [3.05, 3.63) is 0 Å². The number of nitrogens with two attached hydrogens (primary N) is 1. The molecule has 2 heteroatoms. The first kappa shape index (κ1) is 12.0. The number of rotatable bonds is 5. The van der Waals surface area contributed by atoms with Crippen LogP contribution in [0.4, 0.5) is 0 Å². The van der Waals surface area contributed by atoms with E-state index in [9.17, 15) is 0 Å². The maximum absolute atomic E-state index is 5.83. The second-order valence-corrected chi connectivity index (χ2v) is 5.52. The summed E-state index contributed by atoms with van der Waals surface area (Å²) in [5, 5.41) is 0. The zero-order valence-corrected chi connectivity index (χ0v) is 9.88. The molecule has 2 atom stereocenters. The fourth-order valence-electron chi connectivity index (χ4n) is 2.40.